The maximum Gasteiger partial charge on any atom is 0.258 e. The number of rotatable bonds is 4. The second kappa shape index (κ2) is 6.66. The molecule has 0 fully saturated rings. The summed E-state index contributed by atoms with van der Waals surface area (Å²) in [6.45, 7) is 3.94. The molecule has 122 valence electrons. The summed E-state index contributed by atoms with van der Waals surface area (Å²) in [7, 11) is 0. The standard InChI is InChI=1S/C19H19N3O2/c1-12-7-8-13(2)16(11-12)21-18(23)10-9-17-20-15-6-4-3-5-14(15)19(24)22-17/h3-8,11H,9-10H2,1-2H3,(H,21,23)(H,20,22,24). The molecule has 5 nitrogen and oxygen atoms in total. The topological polar surface area (TPSA) is 74.8 Å². The van der Waals surface area contributed by atoms with E-state index in [2.05, 4.69) is 15.3 Å². The molecule has 0 bridgehead atoms. The number of aryl methyl sites for hydroxylation is 3. The van der Waals surface area contributed by atoms with Crippen molar-refractivity contribution >= 4 is 22.5 Å². The highest BCUT2D eigenvalue weighted by molar-refractivity contribution is 5.91. The molecule has 0 saturated carbocycles. The molecular formula is C19H19N3O2. The average Bonchev–Trinajstić information content (AvgIpc) is 2.56. The van der Waals surface area contributed by atoms with Crippen LogP contribution >= 0.6 is 0 Å². The number of carbonyl (C=O) groups excluding carboxylic acids is 1. The second-order valence-electron chi connectivity index (χ2n) is 5.90. The third kappa shape index (κ3) is 3.51. The van der Waals surface area contributed by atoms with E-state index in [1.54, 1.807) is 18.2 Å². The van der Waals surface area contributed by atoms with Gasteiger partial charge in [-0.25, -0.2) is 4.98 Å². The molecule has 0 aliphatic carbocycles. The molecular weight excluding hydrogens is 302 g/mol. The van der Waals surface area contributed by atoms with Crippen LogP contribution in [0.5, 0.6) is 0 Å². The number of para-hydroxylation sites is 1. The van der Waals surface area contributed by atoms with Crippen LogP contribution in [-0.2, 0) is 11.2 Å². The number of aromatic amines is 1. The summed E-state index contributed by atoms with van der Waals surface area (Å²) < 4.78 is 0. The van der Waals surface area contributed by atoms with Crippen molar-refractivity contribution in [1.82, 2.24) is 9.97 Å². The fourth-order valence-electron chi connectivity index (χ4n) is 2.57. The third-order valence-corrected chi connectivity index (χ3v) is 3.92. The van der Waals surface area contributed by atoms with E-state index in [1.807, 2.05) is 38.1 Å². The fourth-order valence-corrected chi connectivity index (χ4v) is 2.57. The first-order valence-electron chi connectivity index (χ1n) is 7.88. The monoisotopic (exact) mass is 321 g/mol. The number of anilines is 1. The minimum atomic E-state index is -0.175. The Hall–Kier alpha value is -2.95. The van der Waals surface area contributed by atoms with Crippen molar-refractivity contribution in [3.05, 3.63) is 69.8 Å². The zero-order valence-corrected chi connectivity index (χ0v) is 13.7. The summed E-state index contributed by atoms with van der Waals surface area (Å²) >= 11 is 0. The maximum absolute atomic E-state index is 12.2. The lowest BCUT2D eigenvalue weighted by atomic mass is 10.1. The highest BCUT2D eigenvalue weighted by Crippen LogP contribution is 2.16. The maximum atomic E-state index is 12.2. The van der Waals surface area contributed by atoms with Crippen LogP contribution in [-0.4, -0.2) is 15.9 Å². The summed E-state index contributed by atoms with van der Waals surface area (Å²) in [5.41, 5.74) is 3.40. The lowest BCUT2D eigenvalue weighted by Crippen LogP contribution is -2.16. The Morgan fingerprint density at radius 2 is 1.96 bits per heavy atom. The fraction of sp³-hybridized carbons (Fsp3) is 0.211. The Bertz CT molecular complexity index is 960. The quantitative estimate of drug-likeness (QED) is 0.775. The molecule has 5 heteroatoms. The zero-order chi connectivity index (χ0) is 17.1. The molecule has 2 aromatic carbocycles. The molecule has 3 rings (SSSR count). The molecule has 1 aromatic heterocycles. The van der Waals surface area contributed by atoms with Gasteiger partial charge in [-0.1, -0.05) is 24.3 Å². The van der Waals surface area contributed by atoms with Crippen molar-refractivity contribution in [2.45, 2.75) is 26.7 Å². The first-order valence-corrected chi connectivity index (χ1v) is 7.88. The van der Waals surface area contributed by atoms with Crippen molar-refractivity contribution in [2.75, 3.05) is 5.32 Å². The van der Waals surface area contributed by atoms with Gasteiger partial charge in [0.15, 0.2) is 0 Å². The van der Waals surface area contributed by atoms with Gasteiger partial charge >= 0.3 is 0 Å². The van der Waals surface area contributed by atoms with Gasteiger partial charge in [0.2, 0.25) is 5.91 Å². The number of nitrogens with zero attached hydrogens (tertiary/aromatic N) is 1. The van der Waals surface area contributed by atoms with Crippen LogP contribution < -0.4 is 10.9 Å². The zero-order valence-electron chi connectivity index (χ0n) is 13.7. The Labute approximate surface area is 139 Å². The van der Waals surface area contributed by atoms with Crippen LogP contribution in [0.4, 0.5) is 5.69 Å². The highest BCUT2D eigenvalue weighted by atomic mass is 16.1. The molecule has 2 N–H and O–H groups in total. The summed E-state index contributed by atoms with van der Waals surface area (Å²) in [6, 6.07) is 13.1. The number of H-pyrrole nitrogens is 1. The second-order valence-corrected chi connectivity index (χ2v) is 5.90. The molecule has 0 unspecified atom stereocenters. The number of nitrogens with one attached hydrogen (secondary N) is 2. The Morgan fingerprint density at radius 1 is 1.17 bits per heavy atom. The van der Waals surface area contributed by atoms with Crippen molar-refractivity contribution < 1.29 is 4.79 Å². The number of hydrogen-bond acceptors (Lipinski definition) is 3. The number of fused-ring (bicyclic) bond motifs is 1. The molecule has 24 heavy (non-hydrogen) atoms. The number of benzene rings is 2. The van der Waals surface area contributed by atoms with E-state index in [4.69, 9.17) is 0 Å². The summed E-state index contributed by atoms with van der Waals surface area (Å²) in [5, 5.41) is 3.47. The van der Waals surface area contributed by atoms with Crippen molar-refractivity contribution in [2.24, 2.45) is 0 Å². The van der Waals surface area contributed by atoms with Gasteiger partial charge in [-0.15, -0.1) is 0 Å². The first kappa shape index (κ1) is 15.9. The molecule has 0 atom stereocenters. The number of hydrogen-bond donors (Lipinski definition) is 2. The molecule has 0 spiro atoms. The van der Waals surface area contributed by atoms with E-state index in [1.165, 1.54) is 0 Å². The van der Waals surface area contributed by atoms with Crippen molar-refractivity contribution in [3.8, 4) is 0 Å². The summed E-state index contributed by atoms with van der Waals surface area (Å²) in [6.07, 6.45) is 0.644. The molecule has 3 aromatic rings. The summed E-state index contributed by atoms with van der Waals surface area (Å²) in [5.74, 6) is 0.425. The Morgan fingerprint density at radius 3 is 2.79 bits per heavy atom. The van der Waals surface area contributed by atoms with E-state index < -0.39 is 0 Å². The van der Waals surface area contributed by atoms with Gasteiger partial charge in [0.25, 0.3) is 5.56 Å². The molecule has 1 heterocycles. The Kier molecular flexibility index (Phi) is 4.42. The van der Waals surface area contributed by atoms with Crippen molar-refractivity contribution in [1.29, 1.82) is 0 Å². The first-order chi connectivity index (χ1) is 11.5. The third-order valence-electron chi connectivity index (χ3n) is 3.92. The minimum absolute atomic E-state index is 0.0977. The van der Waals surface area contributed by atoms with Gasteiger partial charge < -0.3 is 10.3 Å². The van der Waals surface area contributed by atoms with Crippen LogP contribution in [0.3, 0.4) is 0 Å². The van der Waals surface area contributed by atoms with E-state index in [0.29, 0.717) is 23.1 Å². The number of carbonyl (C=O) groups is 1. The average molecular weight is 321 g/mol. The minimum Gasteiger partial charge on any atom is -0.326 e. The molecule has 0 aliphatic rings. The van der Waals surface area contributed by atoms with Gasteiger partial charge in [0.05, 0.1) is 10.9 Å². The lowest BCUT2D eigenvalue weighted by molar-refractivity contribution is -0.116. The van der Waals surface area contributed by atoms with Crippen LogP contribution in [0.1, 0.15) is 23.4 Å². The SMILES string of the molecule is Cc1ccc(C)c(NC(=O)CCc2nc3ccccc3c(=O)[nH]2)c1. The number of amides is 1. The van der Waals surface area contributed by atoms with Crippen LogP contribution in [0.2, 0.25) is 0 Å². The van der Waals surface area contributed by atoms with E-state index >= 15 is 0 Å². The Balaban J connectivity index is 1.70. The van der Waals surface area contributed by atoms with Gasteiger partial charge in [0, 0.05) is 18.5 Å². The van der Waals surface area contributed by atoms with Crippen LogP contribution in [0, 0.1) is 13.8 Å². The predicted molar refractivity (Wildman–Crippen MR) is 95.2 cm³/mol. The van der Waals surface area contributed by atoms with Gasteiger partial charge in [-0.3, -0.25) is 9.59 Å². The van der Waals surface area contributed by atoms with E-state index in [0.717, 1.165) is 16.8 Å². The summed E-state index contributed by atoms with van der Waals surface area (Å²) in [4.78, 5) is 31.3. The lowest BCUT2D eigenvalue weighted by Gasteiger charge is -2.09. The van der Waals surface area contributed by atoms with Gasteiger partial charge in [-0.05, 0) is 43.2 Å². The molecule has 1 amide bonds. The van der Waals surface area contributed by atoms with E-state index in [9.17, 15) is 9.59 Å². The largest absolute Gasteiger partial charge is 0.326 e. The van der Waals surface area contributed by atoms with Crippen LogP contribution in [0.15, 0.2) is 47.3 Å². The smallest absolute Gasteiger partial charge is 0.258 e. The molecule has 0 saturated heterocycles. The highest BCUT2D eigenvalue weighted by Gasteiger charge is 2.08. The van der Waals surface area contributed by atoms with E-state index in [-0.39, 0.29) is 17.9 Å². The molecule has 0 radical (unpaired) electrons. The predicted octanol–water partition coefficient (Wildman–Crippen LogP) is 3.11. The normalized spacial score (nSPS) is 10.8. The van der Waals surface area contributed by atoms with Crippen LogP contribution in [0.25, 0.3) is 10.9 Å². The number of aromatic nitrogens is 2. The van der Waals surface area contributed by atoms with Gasteiger partial charge in [0.1, 0.15) is 5.82 Å². The van der Waals surface area contributed by atoms with Gasteiger partial charge in [-0.2, -0.15) is 0 Å². The molecule has 0 aliphatic heterocycles. The van der Waals surface area contributed by atoms with Crippen molar-refractivity contribution in [3.63, 3.8) is 0 Å².